The van der Waals surface area contributed by atoms with E-state index in [1.807, 2.05) is 74.6 Å². The molecule has 0 amide bonds. The first kappa shape index (κ1) is 19.8. The summed E-state index contributed by atoms with van der Waals surface area (Å²) < 4.78 is 6.68. The number of amidine groups is 1. The number of anilines is 1. The average molecular weight is 414 g/mol. The van der Waals surface area contributed by atoms with E-state index in [1.54, 1.807) is 0 Å². The molecule has 4 aromatic rings. The molecule has 3 aromatic carbocycles. The van der Waals surface area contributed by atoms with Gasteiger partial charge in [-0.15, -0.1) is 0 Å². The molecule has 6 heteroatoms. The number of nitrogens with zero attached hydrogens (tertiary/aromatic N) is 4. The molecule has 0 atom stereocenters. The molecule has 0 unspecified atom stereocenters. The highest BCUT2D eigenvalue weighted by Crippen LogP contribution is 2.15. The minimum Gasteiger partial charge on any atom is -0.388 e. The Kier molecular flexibility index (Phi) is 6.15. The third-order valence-electron chi connectivity index (χ3n) is 4.66. The standard InChI is InChI=1S/C24H23N5S/c1-18-28-30-24(29(18)17-19-10-9-15-22(16-19)25-2)27-23(20-11-5-3-6-12-20)26-21-13-7-4-8-14-21/h3-16,25H,17H2,1-2H3. The lowest BCUT2D eigenvalue weighted by atomic mass is 10.2. The first-order valence-corrected chi connectivity index (χ1v) is 10.5. The van der Waals surface area contributed by atoms with Gasteiger partial charge in [-0.05, 0) is 36.8 Å². The normalized spacial score (nSPS) is 12.2. The topological polar surface area (TPSA) is 54.6 Å². The molecule has 30 heavy (non-hydrogen) atoms. The Labute approximate surface area is 180 Å². The summed E-state index contributed by atoms with van der Waals surface area (Å²) in [6.45, 7) is 2.71. The van der Waals surface area contributed by atoms with Gasteiger partial charge < -0.3 is 5.32 Å². The van der Waals surface area contributed by atoms with Crippen LogP contribution in [0.3, 0.4) is 0 Å². The van der Waals surface area contributed by atoms with Gasteiger partial charge in [-0.3, -0.25) is 4.57 Å². The van der Waals surface area contributed by atoms with Crippen LogP contribution in [0.2, 0.25) is 0 Å². The lowest BCUT2D eigenvalue weighted by molar-refractivity contribution is 0.729. The fraction of sp³-hybridized carbons (Fsp3) is 0.125. The number of aryl methyl sites for hydroxylation is 1. The number of aliphatic imine (C=N–C) groups is 1. The van der Waals surface area contributed by atoms with Crippen LogP contribution in [0.4, 0.5) is 11.4 Å². The number of nitrogens with one attached hydrogen (secondary N) is 1. The lowest BCUT2D eigenvalue weighted by Gasteiger charge is -2.08. The van der Waals surface area contributed by atoms with Crippen LogP contribution in [0, 0.1) is 6.92 Å². The van der Waals surface area contributed by atoms with Gasteiger partial charge in [-0.25, -0.2) is 4.99 Å². The number of rotatable bonds is 5. The van der Waals surface area contributed by atoms with Gasteiger partial charge in [0.25, 0.3) is 0 Å². The van der Waals surface area contributed by atoms with Gasteiger partial charge in [0.2, 0.25) is 4.80 Å². The van der Waals surface area contributed by atoms with Gasteiger partial charge in [0, 0.05) is 29.8 Å². The van der Waals surface area contributed by atoms with Crippen LogP contribution in [-0.4, -0.2) is 21.8 Å². The summed E-state index contributed by atoms with van der Waals surface area (Å²) in [7, 11) is 1.93. The van der Waals surface area contributed by atoms with Gasteiger partial charge in [0.05, 0.1) is 12.2 Å². The van der Waals surface area contributed by atoms with Gasteiger partial charge in [-0.1, -0.05) is 60.7 Å². The molecular weight excluding hydrogens is 390 g/mol. The first-order chi connectivity index (χ1) is 14.7. The molecule has 150 valence electrons. The number of hydrogen-bond acceptors (Lipinski definition) is 4. The maximum Gasteiger partial charge on any atom is 0.211 e. The predicted molar refractivity (Wildman–Crippen MR) is 125 cm³/mol. The first-order valence-electron chi connectivity index (χ1n) is 9.76. The van der Waals surface area contributed by atoms with Crippen molar-refractivity contribution in [2.75, 3.05) is 12.4 Å². The Balaban J connectivity index is 1.79. The van der Waals surface area contributed by atoms with Crippen molar-refractivity contribution >= 4 is 28.7 Å². The second kappa shape index (κ2) is 9.33. The van der Waals surface area contributed by atoms with Crippen LogP contribution < -0.4 is 10.1 Å². The molecule has 0 aliphatic carbocycles. The highest BCUT2D eigenvalue weighted by Gasteiger charge is 2.08. The van der Waals surface area contributed by atoms with E-state index < -0.39 is 0 Å². The summed E-state index contributed by atoms with van der Waals surface area (Å²) in [6.07, 6.45) is 0. The zero-order valence-electron chi connectivity index (χ0n) is 17.0. The third-order valence-corrected chi connectivity index (χ3v) is 5.49. The second-order valence-electron chi connectivity index (χ2n) is 6.80. The fourth-order valence-electron chi connectivity index (χ4n) is 3.07. The Morgan fingerprint density at radius 3 is 2.43 bits per heavy atom. The smallest absolute Gasteiger partial charge is 0.211 e. The lowest BCUT2D eigenvalue weighted by Crippen LogP contribution is -2.19. The molecule has 5 nitrogen and oxygen atoms in total. The molecule has 0 radical (unpaired) electrons. The van der Waals surface area contributed by atoms with Crippen LogP contribution >= 0.6 is 11.5 Å². The molecule has 1 heterocycles. The van der Waals surface area contributed by atoms with Crippen LogP contribution in [0.1, 0.15) is 17.0 Å². The van der Waals surface area contributed by atoms with Gasteiger partial charge in [0.15, 0.2) is 5.84 Å². The van der Waals surface area contributed by atoms with E-state index >= 15 is 0 Å². The van der Waals surface area contributed by atoms with E-state index in [-0.39, 0.29) is 0 Å². The van der Waals surface area contributed by atoms with Crippen molar-refractivity contribution < 1.29 is 0 Å². The van der Waals surface area contributed by atoms with Crippen LogP contribution in [-0.2, 0) is 6.54 Å². The largest absolute Gasteiger partial charge is 0.388 e. The summed E-state index contributed by atoms with van der Waals surface area (Å²) in [5, 5.41) is 3.19. The van der Waals surface area contributed by atoms with E-state index in [4.69, 9.17) is 9.98 Å². The fourth-order valence-corrected chi connectivity index (χ4v) is 3.81. The van der Waals surface area contributed by atoms with Crippen molar-refractivity contribution in [3.05, 3.63) is 107 Å². The predicted octanol–water partition coefficient (Wildman–Crippen LogP) is 5.02. The van der Waals surface area contributed by atoms with Crippen molar-refractivity contribution in [2.45, 2.75) is 13.5 Å². The summed E-state index contributed by atoms with van der Waals surface area (Å²) >= 11 is 1.39. The quantitative estimate of drug-likeness (QED) is 0.369. The third kappa shape index (κ3) is 4.72. The van der Waals surface area contributed by atoms with E-state index in [1.165, 1.54) is 17.1 Å². The number of hydrogen-bond donors (Lipinski definition) is 1. The number of aromatic nitrogens is 2. The van der Waals surface area contributed by atoms with Gasteiger partial charge in [0.1, 0.15) is 5.82 Å². The molecule has 0 aliphatic heterocycles. The van der Waals surface area contributed by atoms with Gasteiger partial charge >= 0.3 is 0 Å². The van der Waals surface area contributed by atoms with Crippen LogP contribution in [0.15, 0.2) is 94.9 Å². The Bertz CT molecular complexity index is 1210. The van der Waals surface area contributed by atoms with Crippen molar-refractivity contribution in [1.82, 2.24) is 8.94 Å². The van der Waals surface area contributed by atoms with Crippen molar-refractivity contribution in [2.24, 2.45) is 9.98 Å². The molecule has 0 fully saturated rings. The molecule has 0 saturated carbocycles. The minimum atomic E-state index is 0.670. The zero-order chi connectivity index (χ0) is 20.8. The summed E-state index contributed by atoms with van der Waals surface area (Å²) in [6, 6.07) is 28.3. The second-order valence-corrected chi connectivity index (χ2v) is 7.53. The molecule has 0 spiro atoms. The van der Waals surface area contributed by atoms with Crippen molar-refractivity contribution in [3.63, 3.8) is 0 Å². The molecular formula is C24H23N5S. The number of para-hydroxylation sites is 1. The van der Waals surface area contributed by atoms with Crippen molar-refractivity contribution in [1.29, 1.82) is 0 Å². The molecule has 1 N–H and O–H groups in total. The van der Waals surface area contributed by atoms with Crippen LogP contribution in [0.5, 0.6) is 0 Å². The molecule has 0 bridgehead atoms. The molecule has 1 aromatic heterocycles. The molecule has 0 saturated heterocycles. The average Bonchev–Trinajstić information content (AvgIpc) is 3.14. The Hall–Kier alpha value is -3.51. The summed E-state index contributed by atoms with van der Waals surface area (Å²) in [5.41, 5.74) is 4.11. The van der Waals surface area contributed by atoms with Gasteiger partial charge in [-0.2, -0.15) is 9.37 Å². The zero-order valence-corrected chi connectivity index (χ0v) is 17.8. The van der Waals surface area contributed by atoms with E-state index in [0.29, 0.717) is 12.4 Å². The summed E-state index contributed by atoms with van der Waals surface area (Å²) in [4.78, 5) is 10.6. The monoisotopic (exact) mass is 413 g/mol. The van der Waals surface area contributed by atoms with E-state index in [9.17, 15) is 0 Å². The minimum absolute atomic E-state index is 0.670. The molecule has 0 aliphatic rings. The SMILES string of the molecule is CNc1cccc(Cn2c(C)nsc2=NC(=Nc2ccccc2)c2ccccc2)c1. The maximum atomic E-state index is 4.94. The van der Waals surface area contributed by atoms with E-state index in [0.717, 1.165) is 27.6 Å². The van der Waals surface area contributed by atoms with Crippen molar-refractivity contribution in [3.8, 4) is 0 Å². The summed E-state index contributed by atoms with van der Waals surface area (Å²) in [5.74, 6) is 1.60. The highest BCUT2D eigenvalue weighted by molar-refractivity contribution is 7.02. The Morgan fingerprint density at radius 1 is 0.967 bits per heavy atom. The maximum absolute atomic E-state index is 4.94. The van der Waals surface area contributed by atoms with Crippen LogP contribution in [0.25, 0.3) is 0 Å². The van der Waals surface area contributed by atoms with E-state index in [2.05, 4.69) is 38.5 Å². The highest BCUT2D eigenvalue weighted by atomic mass is 32.1. The Morgan fingerprint density at radius 2 is 1.70 bits per heavy atom. The molecule has 4 rings (SSSR count). The number of benzene rings is 3.